The van der Waals surface area contributed by atoms with Crippen molar-refractivity contribution in [3.8, 4) is 0 Å². The van der Waals surface area contributed by atoms with E-state index < -0.39 is 5.60 Å². The van der Waals surface area contributed by atoms with Gasteiger partial charge < -0.3 is 15.4 Å². The molecule has 6 heteroatoms. The first-order chi connectivity index (χ1) is 9.37. The lowest BCUT2D eigenvalue weighted by molar-refractivity contribution is 0.0527. The van der Waals surface area contributed by atoms with Gasteiger partial charge in [-0.05, 0) is 46.7 Å². The highest BCUT2D eigenvalue weighted by molar-refractivity contribution is 5.67. The van der Waals surface area contributed by atoms with E-state index in [0.29, 0.717) is 12.6 Å². The minimum absolute atomic E-state index is 0.344. The molecule has 2 N–H and O–H groups in total. The number of hydrogen-bond donors (Lipinski definition) is 2. The van der Waals surface area contributed by atoms with Crippen LogP contribution in [0.25, 0.3) is 0 Å². The first kappa shape index (κ1) is 16.5. The lowest BCUT2D eigenvalue weighted by Crippen LogP contribution is -2.35. The Kier molecular flexibility index (Phi) is 6.51. The van der Waals surface area contributed by atoms with Gasteiger partial charge in [0.25, 0.3) is 0 Å². The normalized spacial score (nSPS) is 13.0. The van der Waals surface area contributed by atoms with Crippen molar-refractivity contribution in [2.75, 3.05) is 13.1 Å². The maximum atomic E-state index is 11.4. The Bertz CT molecular complexity index is 384. The fraction of sp³-hybridized carbons (Fsp3) is 0.714. The summed E-state index contributed by atoms with van der Waals surface area (Å²) in [6.07, 6.45) is 4.23. The average molecular weight is 282 g/mol. The third-order valence-corrected chi connectivity index (χ3v) is 2.53. The molecule has 0 aromatic carbocycles. The SMILES string of the molecule is CC(Cn1cccn1)NCCCNC(=O)OC(C)(C)C. The number of carbonyl (C=O) groups is 1. The van der Waals surface area contributed by atoms with E-state index >= 15 is 0 Å². The fourth-order valence-electron chi connectivity index (χ4n) is 1.70. The van der Waals surface area contributed by atoms with Crippen molar-refractivity contribution < 1.29 is 9.53 Å². The minimum atomic E-state index is -0.444. The summed E-state index contributed by atoms with van der Waals surface area (Å²) < 4.78 is 7.05. The summed E-state index contributed by atoms with van der Waals surface area (Å²) in [4.78, 5) is 11.4. The molecule has 1 amide bonds. The molecule has 0 aliphatic heterocycles. The van der Waals surface area contributed by atoms with Crippen LogP contribution in [-0.4, -0.2) is 40.6 Å². The summed E-state index contributed by atoms with van der Waals surface area (Å²) in [6, 6.07) is 2.26. The van der Waals surface area contributed by atoms with E-state index in [1.54, 1.807) is 6.20 Å². The summed E-state index contributed by atoms with van der Waals surface area (Å²) in [7, 11) is 0. The predicted molar refractivity (Wildman–Crippen MR) is 78.5 cm³/mol. The number of amides is 1. The smallest absolute Gasteiger partial charge is 0.407 e. The van der Waals surface area contributed by atoms with Crippen LogP contribution in [0.3, 0.4) is 0 Å². The molecule has 0 aliphatic rings. The number of rotatable bonds is 7. The number of nitrogens with zero attached hydrogens (tertiary/aromatic N) is 2. The van der Waals surface area contributed by atoms with Crippen LogP contribution in [0, 0.1) is 0 Å². The van der Waals surface area contributed by atoms with Gasteiger partial charge in [-0.3, -0.25) is 4.68 Å². The van der Waals surface area contributed by atoms with Crippen LogP contribution in [0.2, 0.25) is 0 Å². The molecule has 114 valence electrons. The van der Waals surface area contributed by atoms with Gasteiger partial charge in [0.05, 0.1) is 6.54 Å². The van der Waals surface area contributed by atoms with Crippen molar-refractivity contribution in [1.29, 1.82) is 0 Å². The Hall–Kier alpha value is -1.56. The highest BCUT2D eigenvalue weighted by atomic mass is 16.6. The van der Waals surface area contributed by atoms with Crippen molar-refractivity contribution in [3.05, 3.63) is 18.5 Å². The van der Waals surface area contributed by atoms with Crippen molar-refractivity contribution in [1.82, 2.24) is 20.4 Å². The summed E-state index contributed by atoms with van der Waals surface area (Å²) in [5.41, 5.74) is -0.444. The van der Waals surface area contributed by atoms with E-state index in [0.717, 1.165) is 19.5 Å². The molecule has 0 saturated carbocycles. The Balaban J connectivity index is 2.03. The van der Waals surface area contributed by atoms with Crippen molar-refractivity contribution >= 4 is 6.09 Å². The van der Waals surface area contributed by atoms with Gasteiger partial charge in [-0.25, -0.2) is 4.79 Å². The highest BCUT2D eigenvalue weighted by Crippen LogP contribution is 2.06. The zero-order valence-electron chi connectivity index (χ0n) is 12.8. The van der Waals surface area contributed by atoms with Gasteiger partial charge in [0.1, 0.15) is 5.60 Å². The molecular weight excluding hydrogens is 256 g/mol. The van der Waals surface area contributed by atoms with Gasteiger partial charge in [0.2, 0.25) is 0 Å². The quantitative estimate of drug-likeness (QED) is 0.748. The van der Waals surface area contributed by atoms with Gasteiger partial charge in [0.15, 0.2) is 0 Å². The van der Waals surface area contributed by atoms with Crippen molar-refractivity contribution in [2.24, 2.45) is 0 Å². The van der Waals surface area contributed by atoms with Crippen LogP contribution in [0.4, 0.5) is 4.79 Å². The van der Waals surface area contributed by atoms with Crippen LogP contribution in [0.1, 0.15) is 34.1 Å². The molecule has 0 aliphatic carbocycles. The first-order valence-electron chi connectivity index (χ1n) is 7.04. The van der Waals surface area contributed by atoms with E-state index in [4.69, 9.17) is 4.74 Å². The van der Waals surface area contributed by atoms with Gasteiger partial charge in [-0.15, -0.1) is 0 Å². The minimum Gasteiger partial charge on any atom is -0.444 e. The van der Waals surface area contributed by atoms with E-state index in [2.05, 4.69) is 22.7 Å². The van der Waals surface area contributed by atoms with E-state index in [1.165, 1.54) is 0 Å². The second-order valence-electron chi connectivity index (χ2n) is 5.87. The van der Waals surface area contributed by atoms with Gasteiger partial charge >= 0.3 is 6.09 Å². The molecule has 1 unspecified atom stereocenters. The molecule has 0 bridgehead atoms. The number of carbonyl (C=O) groups excluding carboxylic acids is 1. The molecular formula is C14H26N4O2. The lowest BCUT2D eigenvalue weighted by atomic mass is 10.2. The maximum Gasteiger partial charge on any atom is 0.407 e. The highest BCUT2D eigenvalue weighted by Gasteiger charge is 2.15. The molecule has 0 spiro atoms. The van der Waals surface area contributed by atoms with Crippen molar-refractivity contribution in [3.63, 3.8) is 0 Å². The van der Waals surface area contributed by atoms with E-state index in [-0.39, 0.29) is 6.09 Å². The molecule has 1 atom stereocenters. The van der Waals surface area contributed by atoms with Crippen LogP contribution in [-0.2, 0) is 11.3 Å². The molecule has 1 aromatic heterocycles. The third kappa shape index (κ3) is 7.78. The summed E-state index contributed by atoms with van der Waals surface area (Å²) in [5.74, 6) is 0. The van der Waals surface area contributed by atoms with Crippen LogP contribution in [0.5, 0.6) is 0 Å². The van der Waals surface area contributed by atoms with Crippen molar-refractivity contribution in [2.45, 2.75) is 52.3 Å². The van der Waals surface area contributed by atoms with Gasteiger partial charge in [0, 0.05) is 25.0 Å². The first-order valence-corrected chi connectivity index (χ1v) is 7.04. The molecule has 1 rings (SSSR count). The molecule has 1 aromatic rings. The largest absolute Gasteiger partial charge is 0.444 e. The van der Waals surface area contributed by atoms with E-state index in [1.807, 2.05) is 37.7 Å². The number of nitrogens with one attached hydrogen (secondary N) is 2. The average Bonchev–Trinajstić information content (AvgIpc) is 2.78. The molecule has 0 radical (unpaired) electrons. The molecule has 6 nitrogen and oxygen atoms in total. The third-order valence-electron chi connectivity index (χ3n) is 2.53. The molecule has 0 fully saturated rings. The maximum absolute atomic E-state index is 11.4. The number of aromatic nitrogens is 2. The lowest BCUT2D eigenvalue weighted by Gasteiger charge is -2.19. The standard InChI is InChI=1S/C14H26N4O2/c1-12(11-18-10-6-9-17-18)15-7-5-8-16-13(19)20-14(2,3)4/h6,9-10,12,15H,5,7-8,11H2,1-4H3,(H,16,19). The molecule has 0 saturated heterocycles. The second kappa shape index (κ2) is 7.89. The summed E-state index contributed by atoms with van der Waals surface area (Å²) in [6.45, 7) is 9.96. The summed E-state index contributed by atoms with van der Waals surface area (Å²) >= 11 is 0. The van der Waals surface area contributed by atoms with Crippen LogP contribution < -0.4 is 10.6 Å². The Morgan fingerprint density at radius 3 is 2.75 bits per heavy atom. The van der Waals surface area contributed by atoms with Gasteiger partial charge in [-0.2, -0.15) is 5.10 Å². The monoisotopic (exact) mass is 282 g/mol. The van der Waals surface area contributed by atoms with Crippen LogP contribution in [0.15, 0.2) is 18.5 Å². The Morgan fingerprint density at radius 1 is 1.40 bits per heavy atom. The molecule has 20 heavy (non-hydrogen) atoms. The fourth-order valence-corrected chi connectivity index (χ4v) is 1.70. The Labute approximate surface area is 120 Å². The van der Waals surface area contributed by atoms with E-state index in [9.17, 15) is 4.79 Å². The number of hydrogen-bond acceptors (Lipinski definition) is 4. The topological polar surface area (TPSA) is 68.2 Å². The summed E-state index contributed by atoms with van der Waals surface area (Å²) in [5, 5.41) is 10.3. The Morgan fingerprint density at radius 2 is 2.15 bits per heavy atom. The number of ether oxygens (including phenoxy) is 1. The zero-order valence-corrected chi connectivity index (χ0v) is 12.8. The predicted octanol–water partition coefficient (Wildman–Crippen LogP) is 1.78. The second-order valence-corrected chi connectivity index (χ2v) is 5.87. The van der Waals surface area contributed by atoms with Gasteiger partial charge in [-0.1, -0.05) is 0 Å². The van der Waals surface area contributed by atoms with Crippen LogP contribution >= 0.6 is 0 Å². The zero-order chi connectivity index (χ0) is 15.0. The molecule has 1 heterocycles. The number of alkyl carbamates (subject to hydrolysis) is 1.